The highest BCUT2D eigenvalue weighted by Gasteiger charge is 2.34. The summed E-state index contributed by atoms with van der Waals surface area (Å²) in [6, 6.07) is 10.8. The average Bonchev–Trinajstić information content (AvgIpc) is 2.89. The van der Waals surface area contributed by atoms with Crippen molar-refractivity contribution in [1.29, 1.82) is 0 Å². The fraction of sp³-hybridized carbons (Fsp3) is 0.200. The standard InChI is InChI=1S/C15H12O4/c1-18-15(17)13-7-6-12(19-13)14(16)11-8-9-4-2-3-5-10(9)11/h2-7,11H,8H2,1H3. The number of carbonyl (C=O) groups excluding carboxylic acids is 2. The van der Waals surface area contributed by atoms with E-state index < -0.39 is 5.97 Å². The molecule has 0 N–H and O–H groups in total. The van der Waals surface area contributed by atoms with E-state index in [0.29, 0.717) is 0 Å². The molecule has 0 amide bonds. The van der Waals surface area contributed by atoms with E-state index in [1.165, 1.54) is 24.8 Å². The van der Waals surface area contributed by atoms with E-state index in [-0.39, 0.29) is 23.2 Å². The van der Waals surface area contributed by atoms with Gasteiger partial charge in [0.25, 0.3) is 0 Å². The van der Waals surface area contributed by atoms with Gasteiger partial charge in [-0.15, -0.1) is 0 Å². The smallest absolute Gasteiger partial charge is 0.373 e. The topological polar surface area (TPSA) is 56.5 Å². The van der Waals surface area contributed by atoms with Gasteiger partial charge in [-0.3, -0.25) is 4.79 Å². The maximum Gasteiger partial charge on any atom is 0.373 e. The number of esters is 1. The van der Waals surface area contributed by atoms with Crippen molar-refractivity contribution in [2.45, 2.75) is 12.3 Å². The number of furan rings is 1. The van der Waals surface area contributed by atoms with Crippen LogP contribution in [0.3, 0.4) is 0 Å². The van der Waals surface area contributed by atoms with Gasteiger partial charge in [-0.25, -0.2) is 4.79 Å². The Labute approximate surface area is 110 Å². The SMILES string of the molecule is COC(=O)c1ccc(C(=O)C2Cc3ccccc32)o1. The summed E-state index contributed by atoms with van der Waals surface area (Å²) in [4.78, 5) is 23.5. The minimum absolute atomic E-state index is 0.0541. The van der Waals surface area contributed by atoms with Crippen molar-refractivity contribution in [3.05, 3.63) is 59.0 Å². The zero-order valence-electron chi connectivity index (χ0n) is 10.4. The predicted molar refractivity (Wildman–Crippen MR) is 67.3 cm³/mol. The van der Waals surface area contributed by atoms with Gasteiger partial charge in [0.05, 0.1) is 13.0 Å². The highest BCUT2D eigenvalue weighted by atomic mass is 16.5. The lowest BCUT2D eigenvalue weighted by molar-refractivity contribution is 0.0562. The zero-order chi connectivity index (χ0) is 13.4. The van der Waals surface area contributed by atoms with Gasteiger partial charge >= 0.3 is 5.97 Å². The molecule has 1 aliphatic carbocycles. The van der Waals surface area contributed by atoms with E-state index in [9.17, 15) is 9.59 Å². The first-order chi connectivity index (χ1) is 9.20. The molecule has 1 aliphatic rings. The Balaban J connectivity index is 1.83. The molecule has 1 aromatic carbocycles. The van der Waals surface area contributed by atoms with E-state index in [1.807, 2.05) is 24.3 Å². The van der Waals surface area contributed by atoms with Crippen LogP contribution in [0.15, 0.2) is 40.8 Å². The maximum atomic E-state index is 12.3. The third-order valence-corrected chi connectivity index (χ3v) is 3.41. The van der Waals surface area contributed by atoms with Crippen molar-refractivity contribution in [1.82, 2.24) is 0 Å². The van der Waals surface area contributed by atoms with E-state index in [1.54, 1.807) is 0 Å². The Hall–Kier alpha value is -2.36. The van der Waals surface area contributed by atoms with Gasteiger partial charge < -0.3 is 9.15 Å². The Morgan fingerprint density at radius 2 is 1.89 bits per heavy atom. The molecule has 0 saturated carbocycles. The number of carbonyl (C=O) groups is 2. The minimum Gasteiger partial charge on any atom is -0.463 e. The number of hydrogen-bond donors (Lipinski definition) is 0. The number of benzene rings is 1. The maximum absolute atomic E-state index is 12.3. The molecule has 0 aliphatic heterocycles. The second-order valence-corrected chi connectivity index (χ2v) is 4.48. The molecule has 1 heterocycles. The van der Waals surface area contributed by atoms with Gasteiger partial charge in [0.1, 0.15) is 0 Å². The van der Waals surface area contributed by atoms with Crippen molar-refractivity contribution in [2.24, 2.45) is 0 Å². The molecule has 1 atom stereocenters. The molecule has 2 aromatic rings. The van der Waals surface area contributed by atoms with Crippen LogP contribution in [0.4, 0.5) is 0 Å². The van der Waals surface area contributed by atoms with Crippen LogP contribution in [0.25, 0.3) is 0 Å². The minimum atomic E-state index is -0.576. The first-order valence-corrected chi connectivity index (χ1v) is 6.01. The van der Waals surface area contributed by atoms with Crippen LogP contribution in [0, 0.1) is 0 Å². The van der Waals surface area contributed by atoms with Gasteiger partial charge in [0.15, 0.2) is 5.76 Å². The fourth-order valence-corrected chi connectivity index (χ4v) is 2.35. The molecule has 1 aromatic heterocycles. The van der Waals surface area contributed by atoms with Crippen LogP contribution in [0.5, 0.6) is 0 Å². The van der Waals surface area contributed by atoms with Gasteiger partial charge in [-0.1, -0.05) is 24.3 Å². The van der Waals surface area contributed by atoms with Crippen LogP contribution in [-0.4, -0.2) is 18.9 Å². The lowest BCUT2D eigenvalue weighted by Crippen LogP contribution is -2.24. The van der Waals surface area contributed by atoms with Crippen molar-refractivity contribution >= 4 is 11.8 Å². The van der Waals surface area contributed by atoms with Gasteiger partial charge in [0.2, 0.25) is 11.5 Å². The Bertz CT molecular complexity index is 654. The summed E-state index contributed by atoms with van der Waals surface area (Å²) in [5.74, 6) is -0.562. The summed E-state index contributed by atoms with van der Waals surface area (Å²) in [6.45, 7) is 0. The highest BCUT2D eigenvalue weighted by molar-refractivity contribution is 6.01. The van der Waals surface area contributed by atoms with Crippen LogP contribution in [0.1, 0.15) is 38.2 Å². The molecule has 0 bridgehead atoms. The molecular formula is C15H12O4. The summed E-state index contributed by atoms with van der Waals surface area (Å²) in [5, 5.41) is 0. The molecule has 0 radical (unpaired) electrons. The first kappa shape index (κ1) is 11.7. The number of methoxy groups -OCH3 is 1. The molecule has 4 heteroatoms. The number of ether oxygens (including phenoxy) is 1. The van der Waals surface area contributed by atoms with Crippen molar-refractivity contribution in [3.63, 3.8) is 0 Å². The monoisotopic (exact) mass is 256 g/mol. The van der Waals surface area contributed by atoms with Gasteiger partial charge in [-0.05, 0) is 29.7 Å². The number of rotatable bonds is 3. The van der Waals surface area contributed by atoms with E-state index in [0.717, 1.165) is 12.0 Å². The second-order valence-electron chi connectivity index (χ2n) is 4.48. The third kappa shape index (κ3) is 1.85. The van der Waals surface area contributed by atoms with Crippen LogP contribution >= 0.6 is 0 Å². The number of hydrogen-bond acceptors (Lipinski definition) is 4. The quantitative estimate of drug-likeness (QED) is 0.625. The number of fused-ring (bicyclic) bond motifs is 1. The fourth-order valence-electron chi connectivity index (χ4n) is 2.35. The second kappa shape index (κ2) is 4.39. The first-order valence-electron chi connectivity index (χ1n) is 6.01. The average molecular weight is 256 g/mol. The Morgan fingerprint density at radius 1 is 1.16 bits per heavy atom. The third-order valence-electron chi connectivity index (χ3n) is 3.41. The lowest BCUT2D eigenvalue weighted by Gasteiger charge is -2.27. The van der Waals surface area contributed by atoms with E-state index in [2.05, 4.69) is 4.74 Å². The molecule has 1 unspecified atom stereocenters. The predicted octanol–water partition coefficient (Wildman–Crippen LogP) is 2.59. The summed E-state index contributed by atoms with van der Waals surface area (Å²) in [5.41, 5.74) is 2.24. The summed E-state index contributed by atoms with van der Waals surface area (Å²) >= 11 is 0. The normalized spacial score (nSPS) is 16.4. The van der Waals surface area contributed by atoms with Crippen LogP contribution in [-0.2, 0) is 11.2 Å². The van der Waals surface area contributed by atoms with Gasteiger partial charge in [-0.2, -0.15) is 0 Å². The van der Waals surface area contributed by atoms with E-state index in [4.69, 9.17) is 4.42 Å². The lowest BCUT2D eigenvalue weighted by atomic mass is 9.75. The highest BCUT2D eigenvalue weighted by Crippen LogP contribution is 2.37. The molecule has 3 rings (SSSR count). The summed E-state index contributed by atoms with van der Waals surface area (Å²) < 4.78 is 9.79. The number of Topliss-reactive ketones (excluding diaryl/α,β-unsaturated/α-hetero) is 1. The zero-order valence-corrected chi connectivity index (χ0v) is 10.4. The van der Waals surface area contributed by atoms with E-state index >= 15 is 0 Å². The Morgan fingerprint density at radius 3 is 2.63 bits per heavy atom. The molecule has 96 valence electrons. The molecule has 0 spiro atoms. The summed E-state index contributed by atoms with van der Waals surface area (Å²) in [6.07, 6.45) is 0.725. The largest absolute Gasteiger partial charge is 0.463 e. The van der Waals surface area contributed by atoms with Crippen LogP contribution < -0.4 is 0 Å². The molecular weight excluding hydrogens is 244 g/mol. The molecule has 0 fully saturated rings. The van der Waals surface area contributed by atoms with Crippen molar-refractivity contribution < 1.29 is 18.7 Å². The summed E-state index contributed by atoms with van der Waals surface area (Å²) in [7, 11) is 1.27. The van der Waals surface area contributed by atoms with Crippen molar-refractivity contribution in [3.8, 4) is 0 Å². The van der Waals surface area contributed by atoms with Crippen LogP contribution in [0.2, 0.25) is 0 Å². The van der Waals surface area contributed by atoms with Gasteiger partial charge in [0, 0.05) is 0 Å². The Kier molecular flexibility index (Phi) is 2.71. The molecule has 19 heavy (non-hydrogen) atoms. The molecule has 4 nitrogen and oxygen atoms in total. The number of ketones is 1. The van der Waals surface area contributed by atoms with Crippen molar-refractivity contribution in [2.75, 3.05) is 7.11 Å². The molecule has 0 saturated heterocycles.